The summed E-state index contributed by atoms with van der Waals surface area (Å²) in [5, 5.41) is 8.05. The average Bonchev–Trinajstić information content (AvgIpc) is 2.44. The molecular formula is C19H38N3O2P. The van der Waals surface area contributed by atoms with Gasteiger partial charge in [-0.05, 0) is 69.2 Å². The largest absolute Gasteiger partial charge is 0.464 e. The van der Waals surface area contributed by atoms with E-state index in [0.29, 0.717) is 24.2 Å². The van der Waals surface area contributed by atoms with Crippen LogP contribution in [0.5, 0.6) is 0 Å². The predicted molar refractivity (Wildman–Crippen MR) is 106 cm³/mol. The van der Waals surface area contributed by atoms with Crippen molar-refractivity contribution in [2.45, 2.75) is 105 Å². The number of nitrogens with zero attached hydrogens (tertiary/aromatic N) is 3. The minimum atomic E-state index is -0.940. The third kappa shape index (κ3) is 6.51. The predicted octanol–water partition coefficient (Wildman–Crippen LogP) is 4.77. The number of hydrogen-bond acceptors (Lipinski definition) is 5. The zero-order chi connectivity index (χ0) is 19.9. The van der Waals surface area contributed by atoms with E-state index in [2.05, 4.69) is 64.7 Å². The van der Waals surface area contributed by atoms with Crippen molar-refractivity contribution < 1.29 is 9.53 Å². The van der Waals surface area contributed by atoms with E-state index >= 15 is 0 Å². The number of ether oxygens (including phenoxy) is 1. The fourth-order valence-electron chi connectivity index (χ4n) is 3.21. The monoisotopic (exact) mass is 371 g/mol. The first-order valence-corrected chi connectivity index (χ1v) is 10.5. The van der Waals surface area contributed by atoms with Crippen molar-refractivity contribution in [3.8, 4) is 6.07 Å². The van der Waals surface area contributed by atoms with Crippen molar-refractivity contribution in [2.24, 2.45) is 0 Å². The molecule has 0 heterocycles. The molecule has 0 radical (unpaired) electrons. The summed E-state index contributed by atoms with van der Waals surface area (Å²) in [5.74, 6) is -0.216. The second-order valence-corrected chi connectivity index (χ2v) is 10.6. The molecule has 0 aromatic rings. The minimum Gasteiger partial charge on any atom is -0.464 e. The van der Waals surface area contributed by atoms with Crippen LogP contribution >= 0.6 is 8.22 Å². The Kier molecular flexibility index (Phi) is 10.2. The van der Waals surface area contributed by atoms with Gasteiger partial charge in [0.1, 0.15) is 11.8 Å². The Morgan fingerprint density at radius 1 is 0.960 bits per heavy atom. The number of carbonyl (C=O) groups is 1. The van der Waals surface area contributed by atoms with Crippen molar-refractivity contribution in [2.75, 3.05) is 6.61 Å². The van der Waals surface area contributed by atoms with Crippen molar-refractivity contribution in [3.05, 3.63) is 0 Å². The lowest BCUT2D eigenvalue weighted by atomic mass is 10.2. The summed E-state index contributed by atoms with van der Waals surface area (Å²) in [6, 6.07) is 3.30. The van der Waals surface area contributed by atoms with Gasteiger partial charge in [-0.25, -0.2) is 0 Å². The number of hydrogen-bond donors (Lipinski definition) is 0. The van der Waals surface area contributed by atoms with Crippen LogP contribution in [0.4, 0.5) is 0 Å². The first kappa shape index (κ1) is 24.3. The molecule has 0 aliphatic carbocycles. The van der Waals surface area contributed by atoms with Gasteiger partial charge in [0, 0.05) is 24.2 Å². The van der Waals surface area contributed by atoms with Gasteiger partial charge in [-0.3, -0.25) is 14.1 Å². The fraction of sp³-hybridized carbons (Fsp3) is 0.895. The van der Waals surface area contributed by atoms with Crippen LogP contribution < -0.4 is 0 Å². The maximum atomic E-state index is 12.9. The topological polar surface area (TPSA) is 56.6 Å². The molecule has 0 aliphatic heterocycles. The molecule has 0 spiro atoms. The third-order valence-electron chi connectivity index (χ3n) is 4.00. The summed E-state index contributed by atoms with van der Waals surface area (Å²) in [5.41, 5.74) is 0. The molecule has 25 heavy (non-hydrogen) atoms. The van der Waals surface area contributed by atoms with Gasteiger partial charge >= 0.3 is 5.97 Å². The third-order valence-corrected chi connectivity index (χ3v) is 7.91. The van der Waals surface area contributed by atoms with E-state index in [9.17, 15) is 4.79 Å². The van der Waals surface area contributed by atoms with Crippen LogP contribution in [0.1, 0.15) is 75.7 Å². The van der Waals surface area contributed by atoms with Crippen molar-refractivity contribution >= 4 is 14.2 Å². The molecule has 0 aliphatic rings. The number of esters is 1. The Morgan fingerprint density at radius 2 is 1.32 bits per heavy atom. The van der Waals surface area contributed by atoms with Crippen molar-refractivity contribution in [3.63, 3.8) is 0 Å². The van der Waals surface area contributed by atoms with E-state index in [1.807, 2.05) is 19.9 Å². The van der Waals surface area contributed by atoms with Gasteiger partial charge in [0.15, 0.2) is 0 Å². The standard InChI is InChI=1S/C19H38N3O2P/c1-14(2)21(15(3)4)25(22(16(5)6)17(7)8)19(9,10)18(23)24-13-11-12-20/h14-17H,11,13H2,1-10H3. The summed E-state index contributed by atoms with van der Waals surface area (Å²) < 4.78 is 10.4. The second-order valence-electron chi connectivity index (χ2n) is 8.03. The zero-order valence-corrected chi connectivity index (χ0v) is 18.7. The van der Waals surface area contributed by atoms with Crippen LogP contribution in [0.25, 0.3) is 0 Å². The van der Waals surface area contributed by atoms with E-state index in [1.54, 1.807) is 0 Å². The molecule has 0 unspecified atom stereocenters. The Bertz CT molecular complexity index is 420. The maximum absolute atomic E-state index is 12.9. The quantitative estimate of drug-likeness (QED) is 0.314. The summed E-state index contributed by atoms with van der Waals surface area (Å²) >= 11 is 0. The molecule has 0 saturated carbocycles. The molecule has 0 saturated heterocycles. The van der Waals surface area contributed by atoms with E-state index in [4.69, 9.17) is 10.00 Å². The van der Waals surface area contributed by atoms with Crippen LogP contribution in [0.15, 0.2) is 0 Å². The van der Waals surface area contributed by atoms with Gasteiger partial charge in [0.05, 0.1) is 20.7 Å². The molecular weight excluding hydrogens is 333 g/mol. The first-order valence-electron chi connectivity index (χ1n) is 9.30. The van der Waals surface area contributed by atoms with Crippen molar-refractivity contribution in [1.29, 1.82) is 5.26 Å². The Morgan fingerprint density at radius 3 is 1.60 bits per heavy atom. The Balaban J connectivity index is 6.00. The molecule has 0 rings (SSSR count). The fourth-order valence-corrected chi connectivity index (χ4v) is 6.58. The van der Waals surface area contributed by atoms with E-state index in [1.165, 1.54) is 0 Å². The number of rotatable bonds is 10. The van der Waals surface area contributed by atoms with Gasteiger partial charge in [0.2, 0.25) is 0 Å². The van der Waals surface area contributed by atoms with Gasteiger partial charge in [-0.15, -0.1) is 0 Å². The maximum Gasteiger partial charge on any atom is 0.318 e. The van der Waals surface area contributed by atoms with Crippen LogP contribution in [-0.2, 0) is 9.53 Å². The SMILES string of the molecule is CC(C)N(C(C)C)P(N(C(C)C)C(C)C)C(C)(C)C(=O)OCCC#N. The normalized spacial score (nSPS) is 13.0. The van der Waals surface area contributed by atoms with E-state index in [-0.39, 0.29) is 19.0 Å². The van der Waals surface area contributed by atoms with Crippen LogP contribution in [0.3, 0.4) is 0 Å². The molecule has 146 valence electrons. The van der Waals surface area contributed by atoms with Crippen LogP contribution in [-0.4, -0.2) is 51.2 Å². The lowest BCUT2D eigenvalue weighted by molar-refractivity contribution is -0.145. The molecule has 0 aromatic heterocycles. The van der Waals surface area contributed by atoms with Crippen LogP contribution in [0, 0.1) is 11.3 Å². The molecule has 0 N–H and O–H groups in total. The molecule has 0 atom stereocenters. The lowest BCUT2D eigenvalue weighted by Gasteiger charge is -2.52. The van der Waals surface area contributed by atoms with Crippen LogP contribution in [0.2, 0.25) is 0 Å². The molecule has 0 bridgehead atoms. The number of nitriles is 1. The first-order chi connectivity index (χ1) is 11.4. The van der Waals surface area contributed by atoms with Gasteiger partial charge in [-0.2, -0.15) is 5.26 Å². The molecule has 0 fully saturated rings. The molecule has 5 nitrogen and oxygen atoms in total. The molecule has 0 aromatic carbocycles. The smallest absolute Gasteiger partial charge is 0.318 e. The number of carbonyl (C=O) groups excluding carboxylic acids is 1. The summed E-state index contributed by atoms with van der Waals surface area (Å²) in [6.45, 7) is 21.6. The summed E-state index contributed by atoms with van der Waals surface area (Å²) in [7, 11) is -0.940. The zero-order valence-electron chi connectivity index (χ0n) is 17.8. The van der Waals surface area contributed by atoms with Gasteiger partial charge < -0.3 is 4.74 Å². The molecule has 0 amide bonds. The van der Waals surface area contributed by atoms with Gasteiger partial charge in [-0.1, -0.05) is 0 Å². The molecule has 6 heteroatoms. The van der Waals surface area contributed by atoms with E-state index < -0.39 is 13.4 Å². The Hall–Kier alpha value is -0.690. The lowest BCUT2D eigenvalue weighted by Crippen LogP contribution is -2.51. The summed E-state index contributed by atoms with van der Waals surface area (Å²) in [4.78, 5) is 12.9. The highest BCUT2D eigenvalue weighted by Crippen LogP contribution is 2.59. The van der Waals surface area contributed by atoms with E-state index in [0.717, 1.165) is 0 Å². The summed E-state index contributed by atoms with van der Waals surface area (Å²) in [6.07, 6.45) is 0.232. The average molecular weight is 372 g/mol. The van der Waals surface area contributed by atoms with Crippen molar-refractivity contribution in [1.82, 2.24) is 9.34 Å². The highest BCUT2D eigenvalue weighted by atomic mass is 31.1. The minimum absolute atomic E-state index is 0.161. The Labute approximate surface area is 156 Å². The van der Waals surface area contributed by atoms with Gasteiger partial charge in [0.25, 0.3) is 0 Å². The highest BCUT2D eigenvalue weighted by Gasteiger charge is 2.48. The second kappa shape index (κ2) is 10.5. The highest BCUT2D eigenvalue weighted by molar-refractivity contribution is 7.55.